The number of aromatic nitrogens is 2. The second kappa shape index (κ2) is 6.69. The Hall–Kier alpha value is -1.56. The number of nitrogens with zero attached hydrogens (tertiary/aromatic N) is 3. The van der Waals surface area contributed by atoms with Crippen molar-refractivity contribution in [2.75, 3.05) is 13.1 Å². The summed E-state index contributed by atoms with van der Waals surface area (Å²) in [4.78, 5) is 14.1. The van der Waals surface area contributed by atoms with Crippen LogP contribution in [0.5, 0.6) is 0 Å². The van der Waals surface area contributed by atoms with Gasteiger partial charge in [-0.2, -0.15) is 5.10 Å². The summed E-state index contributed by atoms with van der Waals surface area (Å²) in [6, 6.07) is 0.358. The molecule has 1 aromatic rings. The maximum atomic E-state index is 12.2. The lowest BCUT2D eigenvalue weighted by atomic mass is 10.2. The number of aryl methyl sites for hydroxylation is 1. The van der Waals surface area contributed by atoms with Crippen LogP contribution >= 0.6 is 0 Å². The molecular weight excluding hydrogens is 280 g/mol. The molecule has 0 saturated heterocycles. The Labute approximate surface area is 132 Å². The number of ether oxygens (including phenoxy) is 1. The Balaban J connectivity index is 1.78. The van der Waals surface area contributed by atoms with Gasteiger partial charge in [-0.1, -0.05) is 0 Å². The number of rotatable bonds is 6. The third kappa shape index (κ3) is 4.73. The van der Waals surface area contributed by atoms with Gasteiger partial charge in [-0.3, -0.25) is 4.68 Å². The molecule has 2 rings (SSSR count). The summed E-state index contributed by atoms with van der Waals surface area (Å²) in [5.74, 6) is 0. The van der Waals surface area contributed by atoms with Crippen LogP contribution in [0.4, 0.5) is 4.79 Å². The van der Waals surface area contributed by atoms with E-state index in [2.05, 4.69) is 17.3 Å². The number of carbonyl (C=O) groups excluding carboxylic acids is 1. The maximum absolute atomic E-state index is 12.2. The van der Waals surface area contributed by atoms with Gasteiger partial charge >= 0.3 is 6.09 Å². The Morgan fingerprint density at radius 1 is 1.50 bits per heavy atom. The van der Waals surface area contributed by atoms with E-state index in [-0.39, 0.29) is 6.09 Å². The summed E-state index contributed by atoms with van der Waals surface area (Å²) in [7, 11) is 1.94. The standard InChI is InChI=1S/C16H28N4O2/c1-12-13(11-18-19(12)5)10-17-8-9-20(14-6-7-14)15(21)22-16(2,3)4/h11,14,17H,6-10H2,1-5H3. The zero-order valence-electron chi connectivity index (χ0n) is 14.3. The predicted molar refractivity (Wildman–Crippen MR) is 85.6 cm³/mol. The Morgan fingerprint density at radius 3 is 2.68 bits per heavy atom. The van der Waals surface area contributed by atoms with Crippen LogP contribution < -0.4 is 5.32 Å². The molecule has 124 valence electrons. The van der Waals surface area contributed by atoms with Gasteiger partial charge in [0.1, 0.15) is 5.60 Å². The van der Waals surface area contributed by atoms with Gasteiger partial charge in [0.15, 0.2) is 0 Å². The van der Waals surface area contributed by atoms with E-state index in [1.165, 1.54) is 11.3 Å². The van der Waals surface area contributed by atoms with Gasteiger partial charge in [-0.05, 0) is 40.5 Å². The van der Waals surface area contributed by atoms with Crippen molar-refractivity contribution in [2.45, 2.75) is 58.7 Å². The molecule has 6 heteroatoms. The monoisotopic (exact) mass is 308 g/mol. The summed E-state index contributed by atoms with van der Waals surface area (Å²) in [6.45, 7) is 9.97. The molecule has 0 radical (unpaired) electrons. The van der Waals surface area contributed by atoms with Crippen molar-refractivity contribution in [1.29, 1.82) is 0 Å². The van der Waals surface area contributed by atoms with E-state index in [1.807, 2.05) is 43.6 Å². The average Bonchev–Trinajstić information content (AvgIpc) is 3.18. The zero-order valence-corrected chi connectivity index (χ0v) is 14.3. The van der Waals surface area contributed by atoms with Crippen LogP contribution in [0.1, 0.15) is 44.9 Å². The van der Waals surface area contributed by atoms with Crippen molar-refractivity contribution < 1.29 is 9.53 Å². The molecule has 0 atom stereocenters. The number of nitrogens with one attached hydrogen (secondary N) is 1. The second-order valence-corrected chi connectivity index (χ2v) is 6.96. The third-order valence-corrected chi connectivity index (χ3v) is 3.80. The quantitative estimate of drug-likeness (QED) is 0.819. The summed E-state index contributed by atoms with van der Waals surface area (Å²) < 4.78 is 7.35. The van der Waals surface area contributed by atoms with Crippen molar-refractivity contribution in [3.8, 4) is 0 Å². The molecule has 1 saturated carbocycles. The van der Waals surface area contributed by atoms with Crippen molar-refractivity contribution in [1.82, 2.24) is 20.0 Å². The van der Waals surface area contributed by atoms with Crippen molar-refractivity contribution in [2.24, 2.45) is 7.05 Å². The van der Waals surface area contributed by atoms with Gasteiger partial charge < -0.3 is 15.0 Å². The number of carbonyl (C=O) groups is 1. The van der Waals surface area contributed by atoms with Crippen LogP contribution in [0, 0.1) is 6.92 Å². The summed E-state index contributed by atoms with van der Waals surface area (Å²) in [6.07, 6.45) is 3.85. The molecule has 1 N–H and O–H groups in total. The lowest BCUT2D eigenvalue weighted by molar-refractivity contribution is 0.0236. The van der Waals surface area contributed by atoms with E-state index in [9.17, 15) is 4.79 Å². The fraction of sp³-hybridized carbons (Fsp3) is 0.750. The largest absolute Gasteiger partial charge is 0.444 e. The van der Waals surface area contributed by atoms with Gasteiger partial charge in [-0.15, -0.1) is 0 Å². The average molecular weight is 308 g/mol. The van der Waals surface area contributed by atoms with Crippen LogP contribution in [0.2, 0.25) is 0 Å². The zero-order chi connectivity index (χ0) is 16.3. The SMILES string of the molecule is Cc1c(CNCCN(C(=O)OC(C)(C)C)C2CC2)cnn1C. The lowest BCUT2D eigenvalue weighted by Gasteiger charge is -2.27. The maximum Gasteiger partial charge on any atom is 0.410 e. The Kier molecular flexibility index (Phi) is 5.11. The normalized spacial score (nSPS) is 15.0. The minimum absolute atomic E-state index is 0.200. The Bertz CT molecular complexity index is 515. The smallest absolute Gasteiger partial charge is 0.410 e. The molecule has 1 aromatic heterocycles. The molecule has 0 bridgehead atoms. The molecular formula is C16H28N4O2. The summed E-state index contributed by atoms with van der Waals surface area (Å²) >= 11 is 0. The van der Waals surface area contributed by atoms with Gasteiger partial charge in [0, 0.05) is 44.0 Å². The van der Waals surface area contributed by atoms with Crippen LogP contribution in [0.3, 0.4) is 0 Å². The second-order valence-electron chi connectivity index (χ2n) is 6.96. The highest BCUT2D eigenvalue weighted by molar-refractivity contribution is 5.69. The molecule has 0 spiro atoms. The van der Waals surface area contributed by atoms with E-state index < -0.39 is 5.60 Å². The molecule has 1 aliphatic rings. The van der Waals surface area contributed by atoms with E-state index in [0.29, 0.717) is 12.6 Å². The first-order valence-corrected chi connectivity index (χ1v) is 7.96. The van der Waals surface area contributed by atoms with Crippen molar-refractivity contribution in [3.05, 3.63) is 17.5 Å². The minimum atomic E-state index is -0.440. The molecule has 1 amide bonds. The van der Waals surface area contributed by atoms with Crippen LogP contribution in [-0.4, -0.2) is 45.5 Å². The van der Waals surface area contributed by atoms with Gasteiger partial charge in [0.25, 0.3) is 0 Å². The minimum Gasteiger partial charge on any atom is -0.444 e. The number of hydrogen-bond donors (Lipinski definition) is 1. The predicted octanol–water partition coefficient (Wildman–Crippen LogP) is 2.22. The van der Waals surface area contributed by atoms with E-state index in [0.717, 1.165) is 25.9 Å². The highest BCUT2D eigenvalue weighted by atomic mass is 16.6. The Morgan fingerprint density at radius 2 is 2.18 bits per heavy atom. The third-order valence-electron chi connectivity index (χ3n) is 3.80. The number of hydrogen-bond acceptors (Lipinski definition) is 4. The molecule has 0 aliphatic heterocycles. The fourth-order valence-corrected chi connectivity index (χ4v) is 2.27. The molecule has 1 fully saturated rings. The van der Waals surface area contributed by atoms with E-state index in [4.69, 9.17) is 4.74 Å². The molecule has 0 aromatic carbocycles. The first kappa shape index (κ1) is 16.8. The lowest BCUT2D eigenvalue weighted by Crippen LogP contribution is -2.41. The van der Waals surface area contributed by atoms with Crippen LogP contribution in [0.15, 0.2) is 6.20 Å². The van der Waals surface area contributed by atoms with Gasteiger partial charge in [0.2, 0.25) is 0 Å². The van der Waals surface area contributed by atoms with Crippen molar-refractivity contribution in [3.63, 3.8) is 0 Å². The first-order chi connectivity index (χ1) is 10.3. The summed E-state index contributed by atoms with van der Waals surface area (Å²) in [5.41, 5.74) is 1.92. The fourth-order valence-electron chi connectivity index (χ4n) is 2.27. The molecule has 1 heterocycles. The highest BCUT2D eigenvalue weighted by Crippen LogP contribution is 2.28. The van der Waals surface area contributed by atoms with E-state index >= 15 is 0 Å². The molecule has 1 aliphatic carbocycles. The highest BCUT2D eigenvalue weighted by Gasteiger charge is 2.34. The topological polar surface area (TPSA) is 59.4 Å². The molecule has 0 unspecified atom stereocenters. The number of amides is 1. The van der Waals surface area contributed by atoms with Crippen molar-refractivity contribution >= 4 is 6.09 Å². The summed E-state index contributed by atoms with van der Waals surface area (Å²) in [5, 5.41) is 7.61. The van der Waals surface area contributed by atoms with E-state index in [1.54, 1.807) is 0 Å². The van der Waals surface area contributed by atoms with Crippen LogP contribution in [-0.2, 0) is 18.3 Å². The first-order valence-electron chi connectivity index (χ1n) is 7.96. The molecule has 6 nitrogen and oxygen atoms in total. The molecule has 22 heavy (non-hydrogen) atoms. The van der Waals surface area contributed by atoms with Crippen LogP contribution in [0.25, 0.3) is 0 Å². The van der Waals surface area contributed by atoms with Gasteiger partial charge in [0.05, 0.1) is 6.20 Å². The van der Waals surface area contributed by atoms with Gasteiger partial charge in [-0.25, -0.2) is 4.79 Å².